The molecule has 0 atom stereocenters. The zero-order chi connectivity index (χ0) is 16.8. The van der Waals surface area contributed by atoms with Crippen molar-refractivity contribution in [3.8, 4) is 5.75 Å². The topological polar surface area (TPSA) is 46.6 Å². The van der Waals surface area contributed by atoms with E-state index >= 15 is 0 Å². The number of carbonyl (C=O) groups is 2. The largest absolute Gasteiger partial charge is 0.423 e. The van der Waals surface area contributed by atoms with Gasteiger partial charge in [-0.15, -0.1) is 0 Å². The number of hydrogen-bond acceptors (Lipinski definition) is 3. The number of allylic oxidation sites excluding steroid dienone is 2. The Morgan fingerprint density at radius 1 is 0.875 bits per heavy atom. The molecule has 3 rings (SSSR count). The third kappa shape index (κ3) is 3.98. The summed E-state index contributed by atoms with van der Waals surface area (Å²) in [5, 5.41) is 0. The average molecular weight is 319 g/mol. The molecule has 2 aromatic carbocycles. The van der Waals surface area contributed by atoms with Crippen LogP contribution in [-0.4, -0.2) is 16.8 Å². The SMILES string of the molecule is O=C(CC1C=CN(C(=O)Oc2ccccc2)C=C1)c1ccccc1. The van der Waals surface area contributed by atoms with Crippen LogP contribution in [0.15, 0.2) is 85.2 Å². The van der Waals surface area contributed by atoms with Crippen molar-refractivity contribution < 1.29 is 14.3 Å². The number of amides is 1. The van der Waals surface area contributed by atoms with Crippen LogP contribution in [0.3, 0.4) is 0 Å². The zero-order valence-corrected chi connectivity index (χ0v) is 13.0. The van der Waals surface area contributed by atoms with Crippen LogP contribution in [-0.2, 0) is 0 Å². The van der Waals surface area contributed by atoms with E-state index < -0.39 is 6.09 Å². The Balaban J connectivity index is 1.55. The number of carbonyl (C=O) groups excluding carboxylic acids is 2. The highest BCUT2D eigenvalue weighted by Gasteiger charge is 2.17. The minimum atomic E-state index is -0.485. The van der Waals surface area contributed by atoms with Gasteiger partial charge >= 0.3 is 6.09 Å². The maximum atomic E-state index is 12.2. The monoisotopic (exact) mass is 319 g/mol. The van der Waals surface area contributed by atoms with Crippen molar-refractivity contribution >= 4 is 11.9 Å². The van der Waals surface area contributed by atoms with E-state index in [1.807, 2.05) is 48.6 Å². The van der Waals surface area contributed by atoms with Gasteiger partial charge in [-0.1, -0.05) is 60.7 Å². The lowest BCUT2D eigenvalue weighted by Gasteiger charge is -2.19. The van der Waals surface area contributed by atoms with E-state index in [-0.39, 0.29) is 11.7 Å². The first-order valence-electron chi connectivity index (χ1n) is 7.72. The Labute approximate surface area is 140 Å². The molecule has 0 bridgehead atoms. The number of ketones is 1. The number of rotatable bonds is 4. The molecule has 0 unspecified atom stereocenters. The molecule has 4 nitrogen and oxygen atoms in total. The molecule has 0 spiro atoms. The van der Waals surface area contributed by atoms with Crippen molar-refractivity contribution in [2.24, 2.45) is 5.92 Å². The molecule has 4 heteroatoms. The third-order valence-electron chi connectivity index (χ3n) is 3.66. The molecule has 24 heavy (non-hydrogen) atoms. The van der Waals surface area contributed by atoms with Crippen LogP contribution in [0, 0.1) is 5.92 Å². The molecule has 0 aromatic heterocycles. The number of nitrogens with zero attached hydrogens (tertiary/aromatic N) is 1. The fourth-order valence-corrected chi connectivity index (χ4v) is 2.38. The number of hydrogen-bond donors (Lipinski definition) is 0. The lowest BCUT2D eigenvalue weighted by atomic mass is 9.97. The molecular weight excluding hydrogens is 302 g/mol. The molecule has 0 N–H and O–H groups in total. The van der Waals surface area contributed by atoms with Gasteiger partial charge in [0.1, 0.15) is 5.75 Å². The molecule has 120 valence electrons. The first-order valence-corrected chi connectivity index (χ1v) is 7.72. The summed E-state index contributed by atoms with van der Waals surface area (Å²) in [6, 6.07) is 18.1. The van der Waals surface area contributed by atoms with Crippen LogP contribution < -0.4 is 4.74 Å². The van der Waals surface area contributed by atoms with Gasteiger partial charge in [-0.2, -0.15) is 0 Å². The maximum absolute atomic E-state index is 12.2. The van der Waals surface area contributed by atoms with E-state index in [4.69, 9.17) is 4.74 Å². The minimum absolute atomic E-state index is 0.0292. The first-order chi connectivity index (χ1) is 11.7. The summed E-state index contributed by atoms with van der Waals surface area (Å²) in [6.45, 7) is 0. The molecular formula is C20H17NO3. The predicted molar refractivity (Wildman–Crippen MR) is 91.5 cm³/mol. The molecule has 1 amide bonds. The number of para-hydroxylation sites is 1. The summed E-state index contributed by atoms with van der Waals surface area (Å²) >= 11 is 0. The van der Waals surface area contributed by atoms with E-state index in [1.165, 1.54) is 4.90 Å². The lowest BCUT2D eigenvalue weighted by Crippen LogP contribution is -2.26. The van der Waals surface area contributed by atoms with E-state index in [9.17, 15) is 9.59 Å². The Bertz CT molecular complexity index is 752. The summed E-state index contributed by atoms with van der Waals surface area (Å²) in [5.41, 5.74) is 0.699. The van der Waals surface area contributed by atoms with Crippen molar-refractivity contribution in [1.29, 1.82) is 0 Å². The van der Waals surface area contributed by atoms with Crippen LogP contribution in [0.4, 0.5) is 4.79 Å². The highest BCUT2D eigenvalue weighted by molar-refractivity contribution is 5.96. The summed E-state index contributed by atoms with van der Waals surface area (Å²) in [7, 11) is 0. The lowest BCUT2D eigenvalue weighted by molar-refractivity contribution is 0.0975. The van der Waals surface area contributed by atoms with Gasteiger partial charge < -0.3 is 4.74 Å². The van der Waals surface area contributed by atoms with Crippen molar-refractivity contribution in [2.75, 3.05) is 0 Å². The molecule has 1 heterocycles. The van der Waals surface area contributed by atoms with Gasteiger partial charge in [-0.05, 0) is 12.1 Å². The van der Waals surface area contributed by atoms with Crippen LogP contribution in [0.1, 0.15) is 16.8 Å². The van der Waals surface area contributed by atoms with Crippen LogP contribution in [0.2, 0.25) is 0 Å². The molecule has 0 aliphatic carbocycles. The molecule has 0 radical (unpaired) electrons. The van der Waals surface area contributed by atoms with Gasteiger partial charge in [0.2, 0.25) is 0 Å². The fourth-order valence-electron chi connectivity index (χ4n) is 2.38. The van der Waals surface area contributed by atoms with Gasteiger partial charge in [0.15, 0.2) is 5.78 Å². The summed E-state index contributed by atoms with van der Waals surface area (Å²) in [6.07, 6.45) is 6.81. The van der Waals surface area contributed by atoms with E-state index in [2.05, 4.69) is 0 Å². The number of Topliss-reactive ketones (excluding diaryl/α,β-unsaturated/α-hetero) is 1. The Morgan fingerprint density at radius 3 is 2.08 bits per heavy atom. The van der Waals surface area contributed by atoms with Crippen LogP contribution in [0.25, 0.3) is 0 Å². The second-order valence-electron chi connectivity index (χ2n) is 5.43. The Kier molecular flexibility index (Phi) is 4.87. The van der Waals surface area contributed by atoms with Gasteiger partial charge in [0, 0.05) is 30.3 Å². The van der Waals surface area contributed by atoms with E-state index in [0.29, 0.717) is 17.7 Å². The second-order valence-corrected chi connectivity index (χ2v) is 5.43. The molecule has 2 aromatic rings. The van der Waals surface area contributed by atoms with Gasteiger partial charge in [0.05, 0.1) is 0 Å². The third-order valence-corrected chi connectivity index (χ3v) is 3.66. The van der Waals surface area contributed by atoms with E-state index in [1.54, 1.807) is 36.7 Å². The summed E-state index contributed by atoms with van der Waals surface area (Å²) < 4.78 is 5.26. The smallest absolute Gasteiger partial charge is 0.410 e. The highest BCUT2D eigenvalue weighted by Crippen LogP contribution is 2.18. The molecule has 0 fully saturated rings. The van der Waals surface area contributed by atoms with Gasteiger partial charge in [-0.25, -0.2) is 4.79 Å². The standard InChI is InChI=1S/C20H17NO3/c22-19(17-7-3-1-4-8-17)15-16-11-13-21(14-12-16)20(23)24-18-9-5-2-6-10-18/h1-14,16H,15H2. The van der Waals surface area contributed by atoms with Crippen LogP contribution >= 0.6 is 0 Å². The molecule has 1 aliphatic heterocycles. The van der Waals surface area contributed by atoms with E-state index in [0.717, 1.165) is 0 Å². The zero-order valence-electron chi connectivity index (χ0n) is 13.0. The van der Waals surface area contributed by atoms with Crippen molar-refractivity contribution in [3.63, 3.8) is 0 Å². The molecule has 0 saturated heterocycles. The maximum Gasteiger partial charge on any atom is 0.423 e. The first kappa shape index (κ1) is 15.7. The summed E-state index contributed by atoms with van der Waals surface area (Å²) in [5.74, 6) is 0.541. The quantitative estimate of drug-likeness (QED) is 0.784. The predicted octanol–water partition coefficient (Wildman–Crippen LogP) is 4.42. The average Bonchev–Trinajstić information content (AvgIpc) is 2.64. The molecule has 1 aliphatic rings. The number of benzene rings is 2. The normalized spacial score (nSPS) is 13.8. The van der Waals surface area contributed by atoms with Crippen molar-refractivity contribution in [1.82, 2.24) is 4.90 Å². The van der Waals surface area contributed by atoms with Crippen molar-refractivity contribution in [3.05, 3.63) is 90.8 Å². The Morgan fingerprint density at radius 2 is 1.46 bits per heavy atom. The fraction of sp³-hybridized carbons (Fsp3) is 0.100. The van der Waals surface area contributed by atoms with Crippen molar-refractivity contribution in [2.45, 2.75) is 6.42 Å². The van der Waals surface area contributed by atoms with Gasteiger partial charge in [0.25, 0.3) is 0 Å². The van der Waals surface area contributed by atoms with Gasteiger partial charge in [-0.3, -0.25) is 9.69 Å². The Hall–Kier alpha value is -3.14. The second kappa shape index (κ2) is 7.42. The minimum Gasteiger partial charge on any atom is -0.410 e. The summed E-state index contributed by atoms with van der Waals surface area (Å²) in [4.78, 5) is 25.6. The molecule has 0 saturated carbocycles. The van der Waals surface area contributed by atoms with Crippen LogP contribution in [0.5, 0.6) is 5.75 Å². The number of ether oxygens (including phenoxy) is 1. The highest BCUT2D eigenvalue weighted by atomic mass is 16.6.